The lowest BCUT2D eigenvalue weighted by molar-refractivity contribution is 0.220. The van der Waals surface area contributed by atoms with Crippen molar-refractivity contribution in [2.75, 3.05) is 12.4 Å². The van der Waals surface area contributed by atoms with Gasteiger partial charge in [-0.15, -0.1) is 0 Å². The van der Waals surface area contributed by atoms with Gasteiger partial charge in [-0.2, -0.15) is 5.10 Å². The Labute approximate surface area is 147 Å². The number of amides is 2. The molecule has 0 spiro atoms. The number of nitrogens with one attached hydrogen (secondary N) is 2. The third-order valence-corrected chi connectivity index (χ3v) is 4.23. The highest BCUT2D eigenvalue weighted by atomic mass is 32.2. The lowest BCUT2D eigenvalue weighted by Crippen LogP contribution is -2.31. The molecule has 2 amide bonds. The molecule has 0 saturated heterocycles. The van der Waals surface area contributed by atoms with Crippen molar-refractivity contribution in [2.24, 2.45) is 5.14 Å². The van der Waals surface area contributed by atoms with E-state index in [4.69, 9.17) is 5.14 Å². The summed E-state index contributed by atoms with van der Waals surface area (Å²) >= 11 is 0. The fraction of sp³-hybridized carbons (Fsp3) is 0.375. The Morgan fingerprint density at radius 2 is 2.12 bits per heavy atom. The molecule has 0 unspecified atom stereocenters. The highest BCUT2D eigenvalue weighted by molar-refractivity contribution is 7.88. The lowest BCUT2D eigenvalue weighted by Gasteiger charge is -2.17. The Bertz CT molecular complexity index is 832. The molecule has 25 heavy (non-hydrogen) atoms. The smallest absolute Gasteiger partial charge is 0.321 e. The number of aromatic amines is 1. The predicted octanol–water partition coefficient (Wildman–Crippen LogP) is 1.81. The second-order valence-corrected chi connectivity index (χ2v) is 7.54. The predicted molar refractivity (Wildman–Crippen MR) is 96.3 cm³/mol. The number of nitrogens with zero attached hydrogens (tertiary/aromatic N) is 2. The number of sulfonamides is 1. The van der Waals surface area contributed by atoms with Crippen LogP contribution in [-0.2, 0) is 28.7 Å². The first-order valence-electron chi connectivity index (χ1n) is 7.91. The molecule has 0 bridgehead atoms. The summed E-state index contributed by atoms with van der Waals surface area (Å²) in [5, 5.41) is 14.9. The van der Waals surface area contributed by atoms with E-state index in [-0.39, 0.29) is 11.8 Å². The van der Waals surface area contributed by atoms with E-state index < -0.39 is 10.0 Å². The Kier molecular flexibility index (Phi) is 6.16. The Balaban J connectivity index is 1.97. The molecule has 1 aromatic heterocycles. The summed E-state index contributed by atoms with van der Waals surface area (Å²) < 4.78 is 22.3. The van der Waals surface area contributed by atoms with Gasteiger partial charge in [0.1, 0.15) is 0 Å². The number of aryl methyl sites for hydroxylation is 1. The second-order valence-electron chi connectivity index (χ2n) is 5.93. The van der Waals surface area contributed by atoms with E-state index in [0.717, 1.165) is 24.2 Å². The monoisotopic (exact) mass is 365 g/mol. The van der Waals surface area contributed by atoms with Crippen LogP contribution in [0.5, 0.6) is 0 Å². The van der Waals surface area contributed by atoms with Gasteiger partial charge in [-0.25, -0.2) is 18.4 Å². The topological polar surface area (TPSA) is 121 Å². The van der Waals surface area contributed by atoms with E-state index in [1.54, 1.807) is 31.3 Å². The highest BCUT2D eigenvalue weighted by Gasteiger charge is 2.12. The lowest BCUT2D eigenvalue weighted by atomic mass is 10.2. The van der Waals surface area contributed by atoms with Gasteiger partial charge in [0, 0.05) is 12.7 Å². The minimum absolute atomic E-state index is 0.277. The van der Waals surface area contributed by atoms with Gasteiger partial charge in [0.2, 0.25) is 10.0 Å². The maximum atomic E-state index is 12.3. The van der Waals surface area contributed by atoms with Gasteiger partial charge in [0.05, 0.1) is 23.7 Å². The largest absolute Gasteiger partial charge is 0.322 e. The molecule has 0 aliphatic heterocycles. The normalized spacial score (nSPS) is 11.3. The zero-order chi connectivity index (χ0) is 18.4. The molecule has 0 aliphatic rings. The molecule has 9 heteroatoms. The molecular weight excluding hydrogens is 342 g/mol. The van der Waals surface area contributed by atoms with Crippen LogP contribution in [-0.4, -0.2) is 36.6 Å². The number of carbonyl (C=O) groups is 1. The van der Waals surface area contributed by atoms with Gasteiger partial charge >= 0.3 is 6.03 Å². The SMILES string of the molecule is CCCc1cc(CN(C)C(=O)Nc2cccc(CS(N)(=O)=O)c2)[nH]n1. The van der Waals surface area contributed by atoms with Crippen molar-refractivity contribution in [3.8, 4) is 0 Å². The number of benzene rings is 1. The molecule has 2 rings (SSSR count). The molecule has 136 valence electrons. The summed E-state index contributed by atoms with van der Waals surface area (Å²) in [6, 6.07) is 8.23. The van der Waals surface area contributed by atoms with Crippen LogP contribution >= 0.6 is 0 Å². The van der Waals surface area contributed by atoms with Crippen molar-refractivity contribution in [1.82, 2.24) is 15.1 Å². The summed E-state index contributed by atoms with van der Waals surface area (Å²) in [7, 11) is -1.95. The first-order chi connectivity index (χ1) is 11.8. The Morgan fingerprint density at radius 1 is 1.36 bits per heavy atom. The summed E-state index contributed by atoms with van der Waals surface area (Å²) in [4.78, 5) is 13.8. The average Bonchev–Trinajstić information content (AvgIpc) is 2.93. The molecule has 0 atom stereocenters. The van der Waals surface area contributed by atoms with Crippen molar-refractivity contribution in [2.45, 2.75) is 32.1 Å². The van der Waals surface area contributed by atoms with Gasteiger partial charge in [-0.1, -0.05) is 25.5 Å². The molecule has 8 nitrogen and oxygen atoms in total. The third-order valence-electron chi connectivity index (χ3n) is 3.49. The quantitative estimate of drug-likeness (QED) is 0.693. The molecule has 0 aliphatic carbocycles. The van der Waals surface area contributed by atoms with Crippen LogP contribution in [0, 0.1) is 0 Å². The first kappa shape index (κ1) is 18.9. The van der Waals surface area contributed by atoms with Crippen molar-refractivity contribution in [3.05, 3.63) is 47.3 Å². The van der Waals surface area contributed by atoms with Crippen LogP contribution in [0.15, 0.2) is 30.3 Å². The van der Waals surface area contributed by atoms with Gasteiger partial charge in [0.15, 0.2) is 0 Å². The summed E-state index contributed by atoms with van der Waals surface area (Å²) in [5.41, 5.74) is 2.85. The second kappa shape index (κ2) is 8.13. The van der Waals surface area contributed by atoms with Crippen LogP contribution in [0.3, 0.4) is 0 Å². The minimum Gasteiger partial charge on any atom is -0.322 e. The van der Waals surface area contributed by atoms with Gasteiger partial charge in [-0.3, -0.25) is 5.10 Å². The number of anilines is 1. The molecule has 0 radical (unpaired) electrons. The number of hydrogen-bond acceptors (Lipinski definition) is 4. The van der Waals surface area contributed by atoms with Gasteiger partial charge in [0.25, 0.3) is 0 Å². The fourth-order valence-electron chi connectivity index (χ4n) is 2.39. The zero-order valence-electron chi connectivity index (χ0n) is 14.3. The molecule has 2 aromatic rings. The number of rotatable bonds is 7. The number of carbonyl (C=O) groups excluding carboxylic acids is 1. The van der Waals surface area contributed by atoms with E-state index >= 15 is 0 Å². The summed E-state index contributed by atoms with van der Waals surface area (Å²) in [5.74, 6) is -0.277. The summed E-state index contributed by atoms with van der Waals surface area (Å²) in [6.45, 7) is 2.47. The highest BCUT2D eigenvalue weighted by Crippen LogP contribution is 2.14. The van der Waals surface area contributed by atoms with E-state index in [1.807, 2.05) is 6.07 Å². The van der Waals surface area contributed by atoms with E-state index in [2.05, 4.69) is 22.4 Å². The maximum absolute atomic E-state index is 12.3. The van der Waals surface area contributed by atoms with Crippen LogP contribution < -0.4 is 10.5 Å². The van der Waals surface area contributed by atoms with Crippen LogP contribution in [0.2, 0.25) is 0 Å². The maximum Gasteiger partial charge on any atom is 0.321 e. The number of nitrogens with two attached hydrogens (primary N) is 1. The number of hydrogen-bond donors (Lipinski definition) is 3. The molecule has 1 heterocycles. The minimum atomic E-state index is -3.62. The third kappa shape index (κ3) is 6.20. The zero-order valence-corrected chi connectivity index (χ0v) is 15.1. The van der Waals surface area contributed by atoms with Gasteiger partial charge < -0.3 is 10.2 Å². The average molecular weight is 365 g/mol. The van der Waals surface area contributed by atoms with Crippen LogP contribution in [0.1, 0.15) is 30.3 Å². The number of aromatic nitrogens is 2. The van der Waals surface area contributed by atoms with E-state index in [9.17, 15) is 13.2 Å². The van der Waals surface area contributed by atoms with Crippen molar-refractivity contribution < 1.29 is 13.2 Å². The van der Waals surface area contributed by atoms with Crippen LogP contribution in [0.25, 0.3) is 0 Å². The van der Waals surface area contributed by atoms with Crippen molar-refractivity contribution in [1.29, 1.82) is 0 Å². The number of urea groups is 1. The molecule has 0 fully saturated rings. The van der Waals surface area contributed by atoms with E-state index in [0.29, 0.717) is 17.8 Å². The molecule has 4 N–H and O–H groups in total. The van der Waals surface area contributed by atoms with Gasteiger partial charge in [-0.05, 0) is 30.2 Å². The van der Waals surface area contributed by atoms with Crippen LogP contribution in [0.4, 0.5) is 10.5 Å². The molecule has 1 aromatic carbocycles. The van der Waals surface area contributed by atoms with E-state index in [1.165, 1.54) is 4.90 Å². The van der Waals surface area contributed by atoms with Crippen molar-refractivity contribution in [3.63, 3.8) is 0 Å². The number of H-pyrrole nitrogens is 1. The fourth-order valence-corrected chi connectivity index (χ4v) is 3.04. The summed E-state index contributed by atoms with van der Waals surface area (Å²) in [6.07, 6.45) is 1.90. The standard InChI is InChI=1S/C16H23N5O3S/c1-3-5-14-9-15(20-19-14)10-21(2)16(22)18-13-7-4-6-12(8-13)11-25(17,23)24/h4,6-9H,3,5,10-11H2,1-2H3,(H,18,22)(H,19,20)(H2,17,23,24). The first-order valence-corrected chi connectivity index (χ1v) is 9.63. The Morgan fingerprint density at radius 3 is 2.80 bits per heavy atom. The van der Waals surface area contributed by atoms with Crippen molar-refractivity contribution >= 4 is 21.7 Å². The Hall–Kier alpha value is -2.39. The number of primary sulfonamides is 1. The molecular formula is C16H23N5O3S. The molecule has 0 saturated carbocycles.